The normalized spacial score (nSPS) is 20.4. The van der Waals surface area contributed by atoms with Gasteiger partial charge in [0.25, 0.3) is 5.69 Å². The van der Waals surface area contributed by atoms with E-state index < -0.39 is 23.0 Å². The predicted molar refractivity (Wildman–Crippen MR) is 72.4 cm³/mol. The molecule has 10 heteroatoms. The largest absolute Gasteiger partial charge is 0.489 e. The molecule has 0 saturated carbocycles. The molecule has 1 amide bonds. The lowest BCUT2D eigenvalue weighted by Crippen LogP contribution is -2.60. The van der Waals surface area contributed by atoms with Crippen LogP contribution < -0.4 is 9.64 Å². The van der Waals surface area contributed by atoms with Gasteiger partial charge in [-0.2, -0.15) is 13.2 Å². The maximum absolute atomic E-state index is 12.5. The highest BCUT2D eigenvalue weighted by Crippen LogP contribution is 2.38. The quantitative estimate of drug-likeness (QED) is 0.577. The molecule has 1 fully saturated rings. The number of carbonyl (C=O) groups is 1. The van der Waals surface area contributed by atoms with Crippen molar-refractivity contribution < 1.29 is 27.6 Å². The predicted octanol–water partition coefficient (Wildman–Crippen LogP) is 1.57. The molecule has 1 atom stereocenters. The molecule has 3 rings (SSSR count). The molecule has 0 radical (unpaired) electrons. The highest BCUT2D eigenvalue weighted by molar-refractivity contribution is 5.82. The van der Waals surface area contributed by atoms with Crippen molar-refractivity contribution >= 4 is 17.3 Å². The Morgan fingerprint density at radius 2 is 2.09 bits per heavy atom. The molecule has 1 aromatic rings. The Labute approximate surface area is 128 Å². The Bertz CT molecular complexity index is 664. The van der Waals surface area contributed by atoms with E-state index in [2.05, 4.69) is 0 Å². The van der Waals surface area contributed by atoms with E-state index in [1.54, 1.807) is 0 Å². The number of hydrogen-bond donors (Lipinski definition) is 0. The van der Waals surface area contributed by atoms with Crippen LogP contribution in [0.5, 0.6) is 5.75 Å². The van der Waals surface area contributed by atoms with Crippen LogP contribution in [-0.4, -0.2) is 54.2 Å². The molecular weight excluding hydrogens is 319 g/mol. The highest BCUT2D eigenvalue weighted by Gasteiger charge is 2.45. The fraction of sp³-hybridized carbons (Fsp3) is 0.462. The summed E-state index contributed by atoms with van der Waals surface area (Å²) in [6.07, 6.45) is -4.89. The number of alkyl halides is 3. The first kappa shape index (κ1) is 15.4. The number of piperazine rings is 1. The molecule has 0 aromatic heterocycles. The summed E-state index contributed by atoms with van der Waals surface area (Å²) in [7, 11) is 0. The lowest BCUT2D eigenvalue weighted by atomic mass is 10.1. The fourth-order valence-electron chi connectivity index (χ4n) is 2.83. The second kappa shape index (κ2) is 5.28. The summed E-state index contributed by atoms with van der Waals surface area (Å²) in [5, 5.41) is 10.8. The average Bonchev–Trinajstić information content (AvgIpc) is 2.51. The molecule has 2 heterocycles. The number of anilines is 1. The zero-order valence-electron chi connectivity index (χ0n) is 11.7. The van der Waals surface area contributed by atoms with Gasteiger partial charge in [0.2, 0.25) is 0 Å². The standard InChI is InChI=1S/C13H12F3N3O4/c14-13(15,16)12(20)17-3-4-18-9(6-17)7-23-11-5-8(19(21)22)1-2-10(11)18/h1-2,5,9H,3-4,6-7H2/t9-/m1/s1. The van der Waals surface area contributed by atoms with E-state index >= 15 is 0 Å². The summed E-state index contributed by atoms with van der Waals surface area (Å²) in [4.78, 5) is 24.1. The number of nitro benzene ring substituents is 1. The Balaban J connectivity index is 1.80. The monoisotopic (exact) mass is 331 g/mol. The van der Waals surface area contributed by atoms with Gasteiger partial charge < -0.3 is 14.5 Å². The number of rotatable bonds is 1. The van der Waals surface area contributed by atoms with Crippen LogP contribution in [0.2, 0.25) is 0 Å². The Hall–Kier alpha value is -2.52. The first-order chi connectivity index (χ1) is 10.8. The van der Waals surface area contributed by atoms with E-state index in [9.17, 15) is 28.1 Å². The molecule has 2 aliphatic heterocycles. The van der Waals surface area contributed by atoms with Crippen LogP contribution in [0.25, 0.3) is 0 Å². The second-order valence-electron chi connectivity index (χ2n) is 5.32. The third kappa shape index (κ3) is 2.76. The summed E-state index contributed by atoms with van der Waals surface area (Å²) in [5.74, 6) is -1.53. The minimum Gasteiger partial charge on any atom is -0.489 e. The highest BCUT2D eigenvalue weighted by atomic mass is 19.4. The van der Waals surface area contributed by atoms with Crippen LogP contribution in [0.1, 0.15) is 0 Å². The van der Waals surface area contributed by atoms with Crippen molar-refractivity contribution in [2.24, 2.45) is 0 Å². The van der Waals surface area contributed by atoms with Crippen LogP contribution in [0.3, 0.4) is 0 Å². The van der Waals surface area contributed by atoms with Crippen LogP contribution in [0.4, 0.5) is 24.5 Å². The smallest absolute Gasteiger partial charge is 0.471 e. The molecule has 0 bridgehead atoms. The van der Waals surface area contributed by atoms with Crippen LogP contribution >= 0.6 is 0 Å². The molecule has 124 valence electrons. The number of hydrogen-bond acceptors (Lipinski definition) is 5. The number of fused-ring (bicyclic) bond motifs is 3. The van der Waals surface area contributed by atoms with Crippen molar-refractivity contribution in [2.45, 2.75) is 12.2 Å². The Morgan fingerprint density at radius 1 is 1.35 bits per heavy atom. The number of amides is 1. The number of benzene rings is 1. The number of non-ortho nitro benzene ring substituents is 1. The van der Waals surface area contributed by atoms with Crippen molar-refractivity contribution in [1.82, 2.24) is 4.90 Å². The van der Waals surface area contributed by atoms with Crippen LogP contribution in [0.15, 0.2) is 18.2 Å². The zero-order valence-corrected chi connectivity index (χ0v) is 11.7. The van der Waals surface area contributed by atoms with Gasteiger partial charge in [0.05, 0.1) is 22.7 Å². The lowest BCUT2D eigenvalue weighted by Gasteiger charge is -2.45. The van der Waals surface area contributed by atoms with Crippen molar-refractivity contribution in [3.8, 4) is 5.75 Å². The number of ether oxygens (including phenoxy) is 1. The number of nitro groups is 1. The third-order valence-electron chi connectivity index (χ3n) is 3.91. The summed E-state index contributed by atoms with van der Waals surface area (Å²) in [6.45, 7) is 0.108. The molecule has 0 N–H and O–H groups in total. The van der Waals surface area contributed by atoms with Gasteiger partial charge >= 0.3 is 12.1 Å². The molecular formula is C13H12F3N3O4. The van der Waals surface area contributed by atoms with Crippen molar-refractivity contribution in [3.05, 3.63) is 28.3 Å². The van der Waals surface area contributed by atoms with Gasteiger partial charge in [-0.1, -0.05) is 0 Å². The maximum Gasteiger partial charge on any atom is 0.471 e. The topological polar surface area (TPSA) is 75.9 Å². The minimum atomic E-state index is -4.89. The van der Waals surface area contributed by atoms with Gasteiger partial charge in [-0.3, -0.25) is 14.9 Å². The Morgan fingerprint density at radius 3 is 2.74 bits per heavy atom. The molecule has 1 saturated heterocycles. The molecule has 1 aromatic carbocycles. The van der Waals surface area contributed by atoms with Gasteiger partial charge in [0.1, 0.15) is 12.4 Å². The first-order valence-electron chi connectivity index (χ1n) is 6.81. The van der Waals surface area contributed by atoms with Crippen molar-refractivity contribution in [2.75, 3.05) is 31.1 Å². The second-order valence-corrected chi connectivity index (χ2v) is 5.32. The molecule has 0 aliphatic carbocycles. The van der Waals surface area contributed by atoms with Gasteiger partial charge in [-0.25, -0.2) is 0 Å². The van der Waals surface area contributed by atoms with E-state index in [0.717, 1.165) is 4.90 Å². The minimum absolute atomic E-state index is 0.0642. The lowest BCUT2D eigenvalue weighted by molar-refractivity contribution is -0.384. The van der Waals surface area contributed by atoms with E-state index in [1.807, 2.05) is 4.90 Å². The number of nitrogens with zero attached hydrogens (tertiary/aromatic N) is 3. The van der Waals surface area contributed by atoms with E-state index in [-0.39, 0.29) is 31.9 Å². The summed E-state index contributed by atoms with van der Waals surface area (Å²) in [6, 6.07) is 3.71. The average molecular weight is 331 g/mol. The molecule has 0 spiro atoms. The Kier molecular flexibility index (Phi) is 3.53. The third-order valence-corrected chi connectivity index (χ3v) is 3.91. The van der Waals surface area contributed by atoms with Gasteiger partial charge in [0, 0.05) is 25.7 Å². The van der Waals surface area contributed by atoms with Gasteiger partial charge in [0.15, 0.2) is 0 Å². The maximum atomic E-state index is 12.5. The van der Waals surface area contributed by atoms with E-state index in [0.29, 0.717) is 11.4 Å². The number of carbonyl (C=O) groups excluding carboxylic acids is 1. The van der Waals surface area contributed by atoms with Crippen LogP contribution in [0, 0.1) is 10.1 Å². The zero-order chi connectivity index (χ0) is 16.8. The van der Waals surface area contributed by atoms with Gasteiger partial charge in [-0.15, -0.1) is 0 Å². The SMILES string of the molecule is O=C(N1CCN2c3ccc([N+](=O)[O-])cc3OC[C@H]2C1)C(F)(F)F. The molecule has 0 unspecified atom stereocenters. The first-order valence-corrected chi connectivity index (χ1v) is 6.81. The van der Waals surface area contributed by atoms with Crippen molar-refractivity contribution in [3.63, 3.8) is 0 Å². The van der Waals surface area contributed by atoms with E-state index in [4.69, 9.17) is 4.74 Å². The van der Waals surface area contributed by atoms with Gasteiger partial charge in [-0.05, 0) is 6.07 Å². The number of halogens is 3. The van der Waals surface area contributed by atoms with Crippen molar-refractivity contribution in [1.29, 1.82) is 0 Å². The molecule has 7 nitrogen and oxygen atoms in total. The molecule has 23 heavy (non-hydrogen) atoms. The van der Waals surface area contributed by atoms with Crippen LogP contribution in [-0.2, 0) is 4.79 Å². The summed E-state index contributed by atoms with van der Waals surface area (Å²) in [5.41, 5.74) is 0.471. The summed E-state index contributed by atoms with van der Waals surface area (Å²) >= 11 is 0. The van der Waals surface area contributed by atoms with E-state index in [1.165, 1.54) is 18.2 Å². The fourth-order valence-corrected chi connectivity index (χ4v) is 2.83. The summed E-state index contributed by atoms with van der Waals surface area (Å²) < 4.78 is 43.0. The molecule has 2 aliphatic rings.